The first-order valence-corrected chi connectivity index (χ1v) is 11.7. The Morgan fingerprint density at radius 3 is 2.65 bits per heavy atom. The van der Waals surface area contributed by atoms with E-state index in [-0.39, 0.29) is 29.5 Å². The number of rotatable bonds is 4. The molecule has 6 nitrogen and oxygen atoms in total. The van der Waals surface area contributed by atoms with Crippen molar-refractivity contribution in [3.05, 3.63) is 40.2 Å². The zero-order valence-electron chi connectivity index (χ0n) is 18.3. The smallest absolute Gasteiger partial charge is 0.227 e. The number of carbonyl (C=O) groups is 2. The van der Waals surface area contributed by atoms with E-state index in [2.05, 4.69) is 10.2 Å². The summed E-state index contributed by atoms with van der Waals surface area (Å²) in [5, 5.41) is 3.96. The molecule has 1 aromatic carbocycles. The van der Waals surface area contributed by atoms with E-state index in [9.17, 15) is 14.0 Å². The Morgan fingerprint density at radius 2 is 1.97 bits per heavy atom. The highest BCUT2D eigenvalue weighted by molar-refractivity contribution is 7.15. The number of aromatic nitrogens is 1. The molecule has 0 radical (unpaired) electrons. The third kappa shape index (κ3) is 4.74. The number of carbonyl (C=O) groups excluding carboxylic acids is 2. The summed E-state index contributed by atoms with van der Waals surface area (Å²) in [6, 6.07) is 4.41. The van der Waals surface area contributed by atoms with Crippen molar-refractivity contribution in [2.75, 3.05) is 36.4 Å². The van der Waals surface area contributed by atoms with Crippen LogP contribution in [-0.2, 0) is 22.4 Å². The van der Waals surface area contributed by atoms with Crippen LogP contribution < -0.4 is 10.2 Å². The number of hydrogen-bond donors (Lipinski definition) is 1. The van der Waals surface area contributed by atoms with Gasteiger partial charge in [-0.05, 0) is 49.9 Å². The Hall–Kier alpha value is -2.48. The molecule has 1 fully saturated rings. The van der Waals surface area contributed by atoms with Gasteiger partial charge in [-0.3, -0.25) is 9.59 Å². The molecule has 2 aliphatic rings. The summed E-state index contributed by atoms with van der Waals surface area (Å²) in [6.07, 6.45) is 2.24. The quantitative estimate of drug-likeness (QED) is 0.782. The van der Waals surface area contributed by atoms with E-state index < -0.39 is 0 Å². The van der Waals surface area contributed by atoms with Gasteiger partial charge in [0.15, 0.2) is 5.13 Å². The van der Waals surface area contributed by atoms with Crippen LogP contribution >= 0.6 is 11.3 Å². The molecule has 2 amide bonds. The van der Waals surface area contributed by atoms with Crippen LogP contribution in [-0.4, -0.2) is 47.9 Å². The number of nitrogens with zero attached hydrogens (tertiary/aromatic N) is 3. The summed E-state index contributed by atoms with van der Waals surface area (Å²) in [6.45, 7) is 8.70. The number of aryl methyl sites for hydroxylation is 2. The van der Waals surface area contributed by atoms with Crippen LogP contribution in [0.2, 0.25) is 0 Å². The first kappa shape index (κ1) is 21.7. The number of piperazine rings is 1. The Morgan fingerprint density at radius 1 is 1.23 bits per heavy atom. The molecule has 4 rings (SSSR count). The topological polar surface area (TPSA) is 65.5 Å². The van der Waals surface area contributed by atoms with Crippen LogP contribution in [0.25, 0.3) is 0 Å². The van der Waals surface area contributed by atoms with E-state index in [0.717, 1.165) is 55.4 Å². The minimum atomic E-state index is -0.301. The average molecular weight is 445 g/mol. The normalized spacial score (nSPS) is 18.8. The van der Waals surface area contributed by atoms with Crippen LogP contribution in [0.1, 0.15) is 36.4 Å². The number of amides is 2. The molecular weight excluding hydrogens is 415 g/mol. The summed E-state index contributed by atoms with van der Waals surface area (Å²) in [7, 11) is 0. The van der Waals surface area contributed by atoms with Gasteiger partial charge in [0.2, 0.25) is 11.8 Å². The highest BCUT2D eigenvalue weighted by atomic mass is 32.1. The van der Waals surface area contributed by atoms with Gasteiger partial charge in [0.1, 0.15) is 5.82 Å². The fourth-order valence-corrected chi connectivity index (χ4v) is 5.44. The Bertz CT molecular complexity index is 982. The summed E-state index contributed by atoms with van der Waals surface area (Å²) in [5.74, 6) is -0.185. The predicted octanol–water partition coefficient (Wildman–Crippen LogP) is 3.64. The number of nitrogens with one attached hydrogen (secondary N) is 1. The molecule has 2 aromatic rings. The minimum absolute atomic E-state index is 0.0175. The molecular formula is C23H29FN4O2S. The fourth-order valence-electron chi connectivity index (χ4n) is 4.21. The largest absolute Gasteiger partial charge is 0.345 e. The molecule has 8 heteroatoms. The zero-order chi connectivity index (χ0) is 22.1. The van der Waals surface area contributed by atoms with Crippen molar-refractivity contribution >= 4 is 34.0 Å². The molecule has 1 aliphatic carbocycles. The second-order valence-corrected chi connectivity index (χ2v) is 9.78. The van der Waals surface area contributed by atoms with E-state index in [1.54, 1.807) is 24.3 Å². The number of fused-ring (bicyclic) bond motifs is 1. The van der Waals surface area contributed by atoms with E-state index in [4.69, 9.17) is 4.98 Å². The van der Waals surface area contributed by atoms with Crippen molar-refractivity contribution in [2.24, 2.45) is 11.8 Å². The summed E-state index contributed by atoms with van der Waals surface area (Å²) in [5.41, 5.74) is 2.48. The van der Waals surface area contributed by atoms with Crippen LogP contribution in [0.15, 0.2) is 18.2 Å². The third-order valence-corrected chi connectivity index (χ3v) is 7.28. The van der Waals surface area contributed by atoms with Crippen molar-refractivity contribution < 1.29 is 14.0 Å². The van der Waals surface area contributed by atoms with Gasteiger partial charge in [0.05, 0.1) is 5.69 Å². The monoisotopic (exact) mass is 444 g/mol. The van der Waals surface area contributed by atoms with Gasteiger partial charge in [-0.1, -0.05) is 13.8 Å². The van der Waals surface area contributed by atoms with E-state index >= 15 is 0 Å². The number of benzene rings is 1. The molecule has 0 spiro atoms. The number of hydrogen-bond acceptors (Lipinski definition) is 5. The molecule has 0 saturated carbocycles. The average Bonchev–Trinajstić information content (AvgIpc) is 3.18. The van der Waals surface area contributed by atoms with Gasteiger partial charge < -0.3 is 15.1 Å². The molecule has 0 bridgehead atoms. The summed E-state index contributed by atoms with van der Waals surface area (Å²) in [4.78, 5) is 35.2. The second kappa shape index (κ2) is 8.94. The van der Waals surface area contributed by atoms with Gasteiger partial charge in [0, 0.05) is 48.6 Å². The molecule has 1 aromatic heterocycles. The molecule has 1 saturated heterocycles. The predicted molar refractivity (Wildman–Crippen MR) is 121 cm³/mol. The number of thiazole rings is 1. The lowest BCUT2D eigenvalue weighted by molar-refractivity contribution is -0.134. The Labute approximate surface area is 186 Å². The summed E-state index contributed by atoms with van der Waals surface area (Å²) < 4.78 is 13.3. The van der Waals surface area contributed by atoms with Crippen molar-refractivity contribution in [3.63, 3.8) is 0 Å². The van der Waals surface area contributed by atoms with Gasteiger partial charge in [0.25, 0.3) is 0 Å². The maximum atomic E-state index is 13.3. The highest BCUT2D eigenvalue weighted by Crippen LogP contribution is 2.35. The fraction of sp³-hybridized carbons (Fsp3) is 0.522. The first-order chi connectivity index (χ1) is 14.8. The van der Waals surface area contributed by atoms with Gasteiger partial charge in [-0.25, -0.2) is 9.37 Å². The van der Waals surface area contributed by atoms with Crippen LogP contribution in [0.4, 0.5) is 15.2 Å². The van der Waals surface area contributed by atoms with Gasteiger partial charge in [-0.2, -0.15) is 0 Å². The molecule has 1 atom stereocenters. The molecule has 1 N–H and O–H groups in total. The molecule has 31 heavy (non-hydrogen) atoms. The van der Waals surface area contributed by atoms with E-state index in [0.29, 0.717) is 12.1 Å². The van der Waals surface area contributed by atoms with Crippen LogP contribution in [0.3, 0.4) is 0 Å². The standard InChI is InChI=1S/C23H29FN4O2S/c1-14(2)22(30)27-8-10-28(11-9-27)23-26-19-6-4-16(13-20(19)31-23)21(29)25-18-7-5-17(24)12-15(18)3/h5,7,12,14,16H,4,6,8-11,13H2,1-3H3,(H,25,29)/t16-/m0/s1. The minimum Gasteiger partial charge on any atom is -0.345 e. The van der Waals surface area contributed by atoms with Gasteiger partial charge >= 0.3 is 0 Å². The van der Waals surface area contributed by atoms with Crippen molar-refractivity contribution in [3.8, 4) is 0 Å². The van der Waals surface area contributed by atoms with Gasteiger partial charge in [-0.15, -0.1) is 11.3 Å². The highest BCUT2D eigenvalue weighted by Gasteiger charge is 2.30. The lowest BCUT2D eigenvalue weighted by Crippen LogP contribution is -2.49. The number of halogens is 1. The first-order valence-electron chi connectivity index (χ1n) is 10.9. The van der Waals surface area contributed by atoms with Crippen molar-refractivity contribution in [2.45, 2.75) is 40.0 Å². The molecule has 1 aliphatic heterocycles. The maximum absolute atomic E-state index is 13.3. The van der Waals surface area contributed by atoms with E-state index in [1.165, 1.54) is 17.0 Å². The molecule has 166 valence electrons. The Kier molecular flexibility index (Phi) is 6.27. The zero-order valence-corrected chi connectivity index (χ0v) is 19.1. The van der Waals surface area contributed by atoms with Crippen molar-refractivity contribution in [1.82, 2.24) is 9.88 Å². The lowest BCUT2D eigenvalue weighted by Gasteiger charge is -2.35. The molecule has 0 unspecified atom stereocenters. The Balaban J connectivity index is 1.37. The van der Waals surface area contributed by atoms with Crippen LogP contribution in [0, 0.1) is 24.6 Å². The lowest BCUT2D eigenvalue weighted by atomic mass is 9.90. The van der Waals surface area contributed by atoms with E-state index in [1.807, 2.05) is 18.7 Å². The summed E-state index contributed by atoms with van der Waals surface area (Å²) >= 11 is 1.67. The maximum Gasteiger partial charge on any atom is 0.227 e. The van der Waals surface area contributed by atoms with Crippen molar-refractivity contribution in [1.29, 1.82) is 0 Å². The number of anilines is 2. The van der Waals surface area contributed by atoms with Crippen LogP contribution in [0.5, 0.6) is 0 Å². The third-order valence-electron chi connectivity index (χ3n) is 6.10. The second-order valence-electron chi connectivity index (χ2n) is 8.72. The molecule has 2 heterocycles. The SMILES string of the molecule is Cc1cc(F)ccc1NC(=O)[C@H]1CCc2nc(N3CCN(C(=O)C(C)C)CC3)sc2C1.